The molecule has 1 aromatic heterocycles. The van der Waals surface area contributed by atoms with Gasteiger partial charge in [0.1, 0.15) is 5.69 Å². The number of aromatic nitrogens is 2. The second-order valence-electron chi connectivity index (χ2n) is 4.57. The second kappa shape index (κ2) is 4.40. The summed E-state index contributed by atoms with van der Waals surface area (Å²) in [5.41, 5.74) is 1.17. The number of carbonyl (C=O) groups excluding carboxylic acids is 1. The Balaban J connectivity index is 2.95. The van der Waals surface area contributed by atoms with E-state index in [0.717, 1.165) is 5.69 Å². The summed E-state index contributed by atoms with van der Waals surface area (Å²) in [4.78, 5) is 11.6. The Morgan fingerprint density at radius 3 is 2.69 bits per heavy atom. The van der Waals surface area contributed by atoms with E-state index in [-0.39, 0.29) is 12.0 Å². The number of rotatable bonds is 2. The fraction of sp³-hybridized carbons (Fsp3) is 0.500. The maximum atomic E-state index is 11.6. The van der Waals surface area contributed by atoms with Gasteiger partial charge in [0.05, 0.1) is 5.69 Å². The molecule has 0 spiro atoms. The van der Waals surface area contributed by atoms with Gasteiger partial charge < -0.3 is 4.74 Å². The third kappa shape index (κ3) is 2.63. The number of aryl methyl sites for hydroxylation is 1. The normalized spacial score (nSPS) is 10.9. The van der Waals surface area contributed by atoms with E-state index in [1.54, 1.807) is 13.1 Å². The first-order valence-corrected chi connectivity index (χ1v) is 5.01. The van der Waals surface area contributed by atoms with Crippen LogP contribution in [0.2, 0.25) is 0 Å². The van der Waals surface area contributed by atoms with E-state index in [1.165, 1.54) is 4.68 Å². The molecular weight excluding hydrogens is 204 g/mol. The van der Waals surface area contributed by atoms with Crippen LogP contribution in [0.1, 0.15) is 37.0 Å². The van der Waals surface area contributed by atoms with Crippen LogP contribution in [0.3, 0.4) is 0 Å². The molecule has 1 aromatic rings. The quantitative estimate of drug-likeness (QED) is 0.560. The molecule has 0 saturated heterocycles. The van der Waals surface area contributed by atoms with Crippen LogP contribution in [0.15, 0.2) is 6.07 Å². The maximum Gasteiger partial charge on any atom is 0.357 e. The van der Waals surface area contributed by atoms with Crippen molar-refractivity contribution >= 4 is 5.97 Å². The summed E-state index contributed by atoms with van der Waals surface area (Å²) >= 11 is 0. The lowest BCUT2D eigenvalue weighted by atomic mass is 9.92. The van der Waals surface area contributed by atoms with Crippen LogP contribution in [0.25, 0.3) is 0 Å². The summed E-state index contributed by atoms with van der Waals surface area (Å²) in [6, 6.07) is 1.73. The molecular formula is C12H16N2O2. The molecule has 0 bridgehead atoms. The van der Waals surface area contributed by atoms with E-state index in [2.05, 4.69) is 11.0 Å². The Hall–Kier alpha value is -1.76. The average molecular weight is 220 g/mol. The van der Waals surface area contributed by atoms with Gasteiger partial charge in [0.2, 0.25) is 0 Å². The van der Waals surface area contributed by atoms with E-state index in [9.17, 15) is 4.79 Å². The van der Waals surface area contributed by atoms with Crippen molar-refractivity contribution in [3.63, 3.8) is 0 Å². The number of esters is 1. The number of ether oxygens (including phenoxy) is 1. The smallest absolute Gasteiger partial charge is 0.357 e. The van der Waals surface area contributed by atoms with Crippen molar-refractivity contribution < 1.29 is 9.53 Å². The Morgan fingerprint density at radius 1 is 1.62 bits per heavy atom. The number of nitrogens with zero attached hydrogens (tertiary/aromatic N) is 2. The molecule has 0 unspecified atom stereocenters. The minimum Gasteiger partial charge on any atom is -0.448 e. The molecule has 0 radical (unpaired) electrons. The predicted octanol–water partition coefficient (Wildman–Crippen LogP) is 1.51. The molecule has 0 amide bonds. The molecule has 0 aliphatic carbocycles. The van der Waals surface area contributed by atoms with Crippen LogP contribution >= 0.6 is 0 Å². The molecule has 16 heavy (non-hydrogen) atoms. The summed E-state index contributed by atoms with van der Waals surface area (Å²) in [6.07, 6.45) is 5.02. The van der Waals surface area contributed by atoms with Gasteiger partial charge in [-0.15, -0.1) is 6.42 Å². The summed E-state index contributed by atoms with van der Waals surface area (Å²) < 4.78 is 6.36. The average Bonchev–Trinajstić information content (AvgIpc) is 2.56. The van der Waals surface area contributed by atoms with Crippen molar-refractivity contribution in [3.05, 3.63) is 17.5 Å². The predicted molar refractivity (Wildman–Crippen MR) is 61.0 cm³/mol. The molecule has 0 fully saturated rings. The Kier molecular flexibility index (Phi) is 3.38. The van der Waals surface area contributed by atoms with Gasteiger partial charge in [-0.1, -0.05) is 26.7 Å². The molecule has 1 rings (SSSR count). The van der Waals surface area contributed by atoms with Crippen molar-refractivity contribution in [1.82, 2.24) is 9.78 Å². The van der Waals surface area contributed by atoms with Crippen molar-refractivity contribution in [2.75, 3.05) is 6.61 Å². The van der Waals surface area contributed by atoms with E-state index < -0.39 is 5.97 Å². The Bertz CT molecular complexity index is 433. The summed E-state index contributed by atoms with van der Waals surface area (Å²) in [7, 11) is 1.71. The highest BCUT2D eigenvalue weighted by Crippen LogP contribution is 2.21. The highest BCUT2D eigenvalue weighted by Gasteiger charge is 2.22. The van der Waals surface area contributed by atoms with Crippen LogP contribution in [0.4, 0.5) is 0 Å². The number of hydrogen-bond donors (Lipinski definition) is 0. The number of carbonyl (C=O) groups is 1. The van der Waals surface area contributed by atoms with Gasteiger partial charge in [-0.05, 0) is 6.07 Å². The summed E-state index contributed by atoms with van der Waals surface area (Å²) in [5, 5.41) is 4.28. The third-order valence-corrected chi connectivity index (χ3v) is 2.14. The molecule has 0 aromatic carbocycles. The minimum atomic E-state index is -0.441. The van der Waals surface area contributed by atoms with Crippen molar-refractivity contribution in [2.24, 2.45) is 7.05 Å². The lowest BCUT2D eigenvalue weighted by Crippen LogP contribution is -2.12. The van der Waals surface area contributed by atoms with Crippen LogP contribution in [0, 0.1) is 12.3 Å². The maximum absolute atomic E-state index is 11.6. The molecule has 4 heteroatoms. The monoisotopic (exact) mass is 220 g/mol. The fourth-order valence-corrected chi connectivity index (χ4v) is 1.21. The molecule has 4 nitrogen and oxygen atoms in total. The van der Waals surface area contributed by atoms with Gasteiger partial charge in [0, 0.05) is 12.5 Å². The molecule has 0 aliphatic rings. The van der Waals surface area contributed by atoms with Crippen LogP contribution in [0.5, 0.6) is 0 Å². The van der Waals surface area contributed by atoms with E-state index in [0.29, 0.717) is 5.69 Å². The standard InChI is InChI=1S/C12H16N2O2/c1-6-7-16-11(15)9-8-10(12(2,3)4)13-14(9)5/h1,8H,7H2,2-5H3. The minimum absolute atomic E-state index is 0.0190. The summed E-state index contributed by atoms with van der Waals surface area (Å²) in [6.45, 7) is 6.08. The highest BCUT2D eigenvalue weighted by molar-refractivity contribution is 5.87. The van der Waals surface area contributed by atoms with Gasteiger partial charge in [-0.2, -0.15) is 5.10 Å². The lowest BCUT2D eigenvalue weighted by Gasteiger charge is -2.13. The van der Waals surface area contributed by atoms with Gasteiger partial charge in [0.25, 0.3) is 0 Å². The first-order chi connectivity index (χ1) is 7.36. The van der Waals surface area contributed by atoms with Gasteiger partial charge in [0.15, 0.2) is 6.61 Å². The molecule has 0 atom stereocenters. The number of hydrogen-bond acceptors (Lipinski definition) is 3. The highest BCUT2D eigenvalue weighted by atomic mass is 16.5. The molecule has 0 aliphatic heterocycles. The van der Waals surface area contributed by atoms with Crippen molar-refractivity contribution in [3.8, 4) is 12.3 Å². The molecule has 0 saturated carbocycles. The Morgan fingerprint density at radius 2 is 2.25 bits per heavy atom. The third-order valence-electron chi connectivity index (χ3n) is 2.14. The van der Waals surface area contributed by atoms with Gasteiger partial charge in [-0.25, -0.2) is 4.79 Å². The zero-order chi connectivity index (χ0) is 12.3. The van der Waals surface area contributed by atoms with Crippen LogP contribution in [-0.2, 0) is 17.2 Å². The molecule has 86 valence electrons. The van der Waals surface area contributed by atoms with Gasteiger partial charge >= 0.3 is 5.97 Å². The topological polar surface area (TPSA) is 44.1 Å². The number of terminal acetylenes is 1. The first-order valence-electron chi connectivity index (χ1n) is 5.01. The summed E-state index contributed by atoms with van der Waals surface area (Å²) in [5.74, 6) is 1.81. The zero-order valence-electron chi connectivity index (χ0n) is 10.1. The molecule has 0 N–H and O–H groups in total. The molecule has 1 heterocycles. The van der Waals surface area contributed by atoms with Gasteiger partial charge in [-0.3, -0.25) is 4.68 Å². The van der Waals surface area contributed by atoms with E-state index in [4.69, 9.17) is 11.2 Å². The Labute approximate surface area is 95.6 Å². The fourth-order valence-electron chi connectivity index (χ4n) is 1.21. The largest absolute Gasteiger partial charge is 0.448 e. The first kappa shape index (κ1) is 12.3. The van der Waals surface area contributed by atoms with Crippen LogP contribution in [-0.4, -0.2) is 22.4 Å². The van der Waals surface area contributed by atoms with E-state index in [1.807, 2.05) is 20.8 Å². The van der Waals surface area contributed by atoms with E-state index >= 15 is 0 Å². The van der Waals surface area contributed by atoms with Crippen LogP contribution < -0.4 is 0 Å². The SMILES string of the molecule is C#CCOC(=O)c1cc(C(C)(C)C)nn1C. The lowest BCUT2D eigenvalue weighted by molar-refractivity contribution is 0.0544. The van der Waals surface area contributed by atoms with Crippen molar-refractivity contribution in [1.29, 1.82) is 0 Å². The van der Waals surface area contributed by atoms with Crippen molar-refractivity contribution in [2.45, 2.75) is 26.2 Å². The second-order valence-corrected chi connectivity index (χ2v) is 4.57. The zero-order valence-corrected chi connectivity index (χ0v) is 10.1.